The number of benzene rings is 2. The Morgan fingerprint density at radius 1 is 1.08 bits per heavy atom. The average molecular weight is 494 g/mol. The monoisotopic (exact) mass is 493 g/mol. The molecule has 190 valence electrons. The number of nitrogens with zero attached hydrogens (tertiary/aromatic N) is 2. The summed E-state index contributed by atoms with van der Waals surface area (Å²) in [5, 5.41) is 3.05. The molecule has 3 saturated heterocycles. The Morgan fingerprint density at radius 2 is 1.81 bits per heavy atom. The number of halogens is 1. The molecule has 3 aliphatic rings. The molecule has 2 aromatic rings. The first-order valence-corrected chi connectivity index (χ1v) is 12.7. The molecule has 0 aromatic heterocycles. The van der Waals surface area contributed by atoms with Gasteiger partial charge in [0.1, 0.15) is 11.4 Å². The number of nitrogens with one attached hydrogen (secondary N) is 1. The number of urea groups is 1. The minimum atomic E-state index is -1.12. The number of imide groups is 1. The van der Waals surface area contributed by atoms with Crippen molar-refractivity contribution >= 4 is 17.8 Å². The van der Waals surface area contributed by atoms with E-state index in [0.717, 1.165) is 16.7 Å². The zero-order chi connectivity index (χ0) is 25.3. The van der Waals surface area contributed by atoms with E-state index in [0.29, 0.717) is 52.0 Å². The van der Waals surface area contributed by atoms with E-state index >= 15 is 0 Å². The lowest BCUT2D eigenvalue weighted by Crippen LogP contribution is -2.58. The summed E-state index contributed by atoms with van der Waals surface area (Å²) in [6.07, 6.45) is 2.45. The van der Waals surface area contributed by atoms with Gasteiger partial charge in [0, 0.05) is 26.1 Å². The van der Waals surface area contributed by atoms with E-state index in [2.05, 4.69) is 5.32 Å². The first-order valence-electron chi connectivity index (χ1n) is 12.7. The number of piperidine rings is 1. The predicted octanol–water partition coefficient (Wildman–Crippen LogP) is 3.24. The summed E-state index contributed by atoms with van der Waals surface area (Å²) in [6, 6.07) is 13.3. The van der Waals surface area contributed by atoms with Crippen LogP contribution in [0.1, 0.15) is 36.0 Å². The normalized spacial score (nSPS) is 24.9. The molecule has 2 atom stereocenters. The van der Waals surface area contributed by atoms with Gasteiger partial charge in [0.15, 0.2) is 0 Å². The Balaban J connectivity index is 1.35. The maximum Gasteiger partial charge on any atom is 0.325 e. The molecule has 2 aromatic carbocycles. The number of hydrogen-bond donors (Lipinski definition) is 1. The van der Waals surface area contributed by atoms with Crippen LogP contribution in [-0.2, 0) is 27.2 Å². The van der Waals surface area contributed by atoms with Crippen LogP contribution in [-0.4, -0.2) is 65.5 Å². The van der Waals surface area contributed by atoms with E-state index < -0.39 is 11.6 Å². The van der Waals surface area contributed by atoms with Crippen LogP contribution in [0.5, 0.6) is 0 Å². The Hall–Kier alpha value is -3.26. The quantitative estimate of drug-likeness (QED) is 0.627. The van der Waals surface area contributed by atoms with Crippen LogP contribution in [0.15, 0.2) is 48.5 Å². The van der Waals surface area contributed by atoms with Crippen molar-refractivity contribution in [1.29, 1.82) is 0 Å². The number of likely N-dealkylation sites (tertiary alicyclic amines) is 1. The lowest BCUT2D eigenvalue weighted by Gasteiger charge is -2.41. The number of rotatable bonds is 6. The minimum Gasteiger partial charge on any atom is -0.379 e. The summed E-state index contributed by atoms with van der Waals surface area (Å²) in [6.45, 7) is 3.92. The summed E-state index contributed by atoms with van der Waals surface area (Å²) in [4.78, 5) is 43.2. The number of aryl methyl sites for hydroxylation is 1. The first-order chi connectivity index (χ1) is 17.4. The standard InChI is InChI=1S/C28H32FN3O4/c1-19-4-2-3-5-21(19)16-25(33)31-13-10-22(11-14-31)28(17-20-6-8-23(29)9-7-20)26(34)32(27(35)30-28)24-12-15-36-18-24/h2-9,22,24H,10-18H2,1H3,(H,30,35)/t24-,28+/m1/s1. The second kappa shape index (κ2) is 10.0. The molecule has 3 heterocycles. The smallest absolute Gasteiger partial charge is 0.325 e. The molecule has 1 N–H and O–H groups in total. The van der Waals surface area contributed by atoms with Crippen molar-refractivity contribution in [2.75, 3.05) is 26.3 Å². The third-order valence-corrected chi connectivity index (χ3v) is 7.96. The zero-order valence-corrected chi connectivity index (χ0v) is 20.5. The molecule has 0 bridgehead atoms. The largest absolute Gasteiger partial charge is 0.379 e. The highest BCUT2D eigenvalue weighted by Gasteiger charge is 2.57. The van der Waals surface area contributed by atoms with Gasteiger partial charge in [-0.2, -0.15) is 0 Å². The Bertz CT molecular complexity index is 1140. The highest BCUT2D eigenvalue weighted by Crippen LogP contribution is 2.38. The molecule has 3 fully saturated rings. The zero-order valence-electron chi connectivity index (χ0n) is 20.5. The predicted molar refractivity (Wildman–Crippen MR) is 132 cm³/mol. The van der Waals surface area contributed by atoms with E-state index in [1.54, 1.807) is 12.1 Å². The molecule has 0 saturated carbocycles. The van der Waals surface area contributed by atoms with Crippen molar-refractivity contribution in [3.05, 3.63) is 71.0 Å². The van der Waals surface area contributed by atoms with Crippen LogP contribution in [0.2, 0.25) is 0 Å². The van der Waals surface area contributed by atoms with Gasteiger partial charge in [-0.1, -0.05) is 36.4 Å². The summed E-state index contributed by atoms with van der Waals surface area (Å²) >= 11 is 0. The topological polar surface area (TPSA) is 79.0 Å². The summed E-state index contributed by atoms with van der Waals surface area (Å²) in [5.74, 6) is -0.660. The number of carbonyl (C=O) groups excluding carboxylic acids is 3. The van der Waals surface area contributed by atoms with Gasteiger partial charge >= 0.3 is 6.03 Å². The number of carbonyl (C=O) groups is 3. The fourth-order valence-electron chi connectivity index (χ4n) is 5.84. The fourth-order valence-corrected chi connectivity index (χ4v) is 5.84. The molecule has 0 radical (unpaired) electrons. The van der Waals surface area contributed by atoms with Crippen molar-refractivity contribution in [1.82, 2.24) is 15.1 Å². The average Bonchev–Trinajstić information content (AvgIpc) is 3.48. The summed E-state index contributed by atoms with van der Waals surface area (Å²) in [5.41, 5.74) is 1.77. The van der Waals surface area contributed by atoms with Crippen molar-refractivity contribution in [2.24, 2.45) is 5.92 Å². The second-order valence-corrected chi connectivity index (χ2v) is 10.2. The van der Waals surface area contributed by atoms with Crippen molar-refractivity contribution in [3.8, 4) is 0 Å². The number of amides is 4. The van der Waals surface area contributed by atoms with E-state index in [-0.39, 0.29) is 36.0 Å². The van der Waals surface area contributed by atoms with Gasteiger partial charge in [-0.25, -0.2) is 9.18 Å². The molecule has 5 rings (SSSR count). The number of ether oxygens (including phenoxy) is 1. The molecule has 0 spiro atoms. The van der Waals surface area contributed by atoms with Crippen molar-refractivity contribution < 1.29 is 23.5 Å². The molecule has 0 aliphatic carbocycles. The molecule has 36 heavy (non-hydrogen) atoms. The van der Waals surface area contributed by atoms with Gasteiger partial charge in [0.25, 0.3) is 5.91 Å². The van der Waals surface area contributed by atoms with Crippen molar-refractivity contribution in [2.45, 2.75) is 50.6 Å². The third-order valence-electron chi connectivity index (χ3n) is 7.96. The Morgan fingerprint density at radius 3 is 2.47 bits per heavy atom. The molecule has 0 unspecified atom stereocenters. The van der Waals surface area contributed by atoms with Gasteiger partial charge in [-0.05, 0) is 60.9 Å². The highest BCUT2D eigenvalue weighted by molar-refractivity contribution is 6.07. The van der Waals surface area contributed by atoms with Gasteiger partial charge in [-0.15, -0.1) is 0 Å². The maximum atomic E-state index is 13.9. The van der Waals surface area contributed by atoms with E-state index in [1.807, 2.05) is 36.1 Å². The van der Waals surface area contributed by atoms with E-state index in [1.165, 1.54) is 17.0 Å². The van der Waals surface area contributed by atoms with Gasteiger partial charge in [-0.3, -0.25) is 14.5 Å². The van der Waals surface area contributed by atoms with Crippen LogP contribution in [0.3, 0.4) is 0 Å². The molecule has 3 aliphatic heterocycles. The van der Waals surface area contributed by atoms with Crippen LogP contribution < -0.4 is 5.32 Å². The molecule has 4 amide bonds. The van der Waals surface area contributed by atoms with Crippen LogP contribution >= 0.6 is 0 Å². The summed E-state index contributed by atoms with van der Waals surface area (Å²) in [7, 11) is 0. The van der Waals surface area contributed by atoms with Gasteiger partial charge in [0.05, 0.1) is 19.1 Å². The second-order valence-electron chi connectivity index (χ2n) is 10.2. The minimum absolute atomic E-state index is 0.0712. The Labute approximate surface area is 210 Å². The SMILES string of the molecule is Cc1ccccc1CC(=O)N1CCC([C@]2(Cc3ccc(F)cc3)NC(=O)N([C@@H]3CCOC3)C2=O)CC1. The highest BCUT2D eigenvalue weighted by atomic mass is 19.1. The lowest BCUT2D eigenvalue weighted by molar-refractivity contribution is -0.137. The van der Waals surface area contributed by atoms with Crippen LogP contribution in [0.4, 0.5) is 9.18 Å². The van der Waals surface area contributed by atoms with Gasteiger partial charge in [0.2, 0.25) is 5.91 Å². The van der Waals surface area contributed by atoms with Gasteiger partial charge < -0.3 is 15.0 Å². The van der Waals surface area contributed by atoms with Crippen LogP contribution in [0, 0.1) is 18.7 Å². The number of hydrogen-bond acceptors (Lipinski definition) is 4. The van der Waals surface area contributed by atoms with Crippen molar-refractivity contribution in [3.63, 3.8) is 0 Å². The fraction of sp³-hybridized carbons (Fsp3) is 0.464. The first kappa shape index (κ1) is 24.4. The molecule has 7 nitrogen and oxygen atoms in total. The summed E-state index contributed by atoms with van der Waals surface area (Å²) < 4.78 is 19.0. The van der Waals surface area contributed by atoms with Crippen LogP contribution in [0.25, 0.3) is 0 Å². The Kier molecular flexibility index (Phi) is 6.79. The molecule has 8 heteroatoms. The lowest BCUT2D eigenvalue weighted by atomic mass is 9.73. The third kappa shape index (κ3) is 4.62. The molecular formula is C28H32FN3O4. The maximum absolute atomic E-state index is 13.9. The van der Waals surface area contributed by atoms with E-state index in [4.69, 9.17) is 4.74 Å². The van der Waals surface area contributed by atoms with E-state index in [9.17, 15) is 18.8 Å². The molecular weight excluding hydrogens is 461 g/mol.